The van der Waals surface area contributed by atoms with Crippen LogP contribution in [0.3, 0.4) is 0 Å². The largest absolute Gasteiger partial charge is 0.466 e. The fraction of sp³-hybridized carbons (Fsp3) is 0.692. The van der Waals surface area contributed by atoms with Crippen molar-refractivity contribution >= 4 is 0 Å². The molecule has 0 spiro atoms. The number of furan rings is 1. The Kier molecular flexibility index (Phi) is 3.47. The second kappa shape index (κ2) is 4.84. The van der Waals surface area contributed by atoms with Crippen LogP contribution in [0.5, 0.6) is 0 Å². The van der Waals surface area contributed by atoms with Crippen LogP contribution in [-0.4, -0.2) is 25.0 Å². The molecule has 0 bridgehead atoms. The smallest absolute Gasteiger partial charge is 0.104 e. The molecule has 1 saturated heterocycles. The minimum Gasteiger partial charge on any atom is -0.466 e. The topological polar surface area (TPSA) is 16.4 Å². The van der Waals surface area contributed by atoms with Gasteiger partial charge in [0.15, 0.2) is 0 Å². The summed E-state index contributed by atoms with van der Waals surface area (Å²) in [5.74, 6) is 3.10. The molecule has 15 heavy (non-hydrogen) atoms. The van der Waals surface area contributed by atoms with Crippen molar-refractivity contribution in [3.05, 3.63) is 23.7 Å². The maximum absolute atomic E-state index is 5.59. The molecule has 1 aliphatic rings. The molecule has 0 saturated carbocycles. The highest BCUT2D eigenvalue weighted by molar-refractivity contribution is 5.05. The normalized spacial score (nSPS) is 19.6. The summed E-state index contributed by atoms with van der Waals surface area (Å²) in [6.45, 7) is 4.54. The van der Waals surface area contributed by atoms with Crippen LogP contribution >= 0.6 is 0 Å². The van der Waals surface area contributed by atoms with Crippen LogP contribution < -0.4 is 0 Å². The van der Waals surface area contributed by atoms with Crippen molar-refractivity contribution in [3.63, 3.8) is 0 Å². The third kappa shape index (κ3) is 3.10. The Hall–Kier alpha value is -0.760. The second-order valence-electron chi connectivity index (χ2n) is 4.80. The fourth-order valence-electron chi connectivity index (χ4n) is 2.32. The Bertz CT molecular complexity index is 297. The second-order valence-corrected chi connectivity index (χ2v) is 4.80. The highest BCUT2D eigenvalue weighted by Gasteiger charge is 2.16. The van der Waals surface area contributed by atoms with E-state index in [0.29, 0.717) is 0 Å². The highest BCUT2D eigenvalue weighted by atomic mass is 16.3. The molecule has 0 aromatic carbocycles. The molecule has 2 rings (SSSR count). The molecular formula is C13H21NO. The van der Waals surface area contributed by atoms with Crippen molar-refractivity contribution in [1.29, 1.82) is 0 Å². The first-order valence-corrected chi connectivity index (χ1v) is 5.98. The summed E-state index contributed by atoms with van der Waals surface area (Å²) in [6, 6.07) is 4.17. The maximum Gasteiger partial charge on any atom is 0.104 e. The predicted octanol–water partition coefficient (Wildman–Crippen LogP) is 2.86. The van der Waals surface area contributed by atoms with Crippen LogP contribution in [0.25, 0.3) is 0 Å². The SMILES string of the molecule is Cc1ccc(CCC2CCN(C)CC2)o1. The van der Waals surface area contributed by atoms with Crippen LogP contribution in [0.4, 0.5) is 0 Å². The summed E-state index contributed by atoms with van der Waals surface area (Å²) in [4.78, 5) is 2.42. The average molecular weight is 207 g/mol. The van der Waals surface area contributed by atoms with E-state index in [1.54, 1.807) is 0 Å². The van der Waals surface area contributed by atoms with E-state index in [0.717, 1.165) is 23.9 Å². The molecular weight excluding hydrogens is 186 g/mol. The maximum atomic E-state index is 5.59. The molecule has 0 radical (unpaired) electrons. The monoisotopic (exact) mass is 207 g/mol. The zero-order valence-electron chi connectivity index (χ0n) is 9.83. The van der Waals surface area contributed by atoms with Gasteiger partial charge in [-0.05, 0) is 64.4 Å². The first-order chi connectivity index (χ1) is 7.24. The Balaban J connectivity index is 1.74. The standard InChI is InChI=1S/C13H21NO/c1-11-3-5-13(15-11)6-4-12-7-9-14(2)10-8-12/h3,5,12H,4,6-10H2,1-2H3. The molecule has 0 atom stereocenters. The van der Waals surface area contributed by atoms with E-state index in [4.69, 9.17) is 4.42 Å². The molecule has 2 nitrogen and oxygen atoms in total. The quantitative estimate of drug-likeness (QED) is 0.757. The van der Waals surface area contributed by atoms with Gasteiger partial charge in [0.2, 0.25) is 0 Å². The van der Waals surface area contributed by atoms with Crippen LogP contribution in [-0.2, 0) is 6.42 Å². The van der Waals surface area contributed by atoms with Gasteiger partial charge in [-0.25, -0.2) is 0 Å². The molecule has 1 fully saturated rings. The van der Waals surface area contributed by atoms with E-state index >= 15 is 0 Å². The molecule has 84 valence electrons. The van der Waals surface area contributed by atoms with E-state index in [9.17, 15) is 0 Å². The van der Waals surface area contributed by atoms with Gasteiger partial charge in [-0.2, -0.15) is 0 Å². The summed E-state index contributed by atoms with van der Waals surface area (Å²) >= 11 is 0. The minimum absolute atomic E-state index is 0.909. The first-order valence-electron chi connectivity index (χ1n) is 5.98. The average Bonchev–Trinajstić information content (AvgIpc) is 2.64. The van der Waals surface area contributed by atoms with E-state index in [1.807, 2.05) is 6.92 Å². The molecule has 1 aromatic heterocycles. The number of piperidine rings is 1. The van der Waals surface area contributed by atoms with Crippen LogP contribution in [0.2, 0.25) is 0 Å². The van der Waals surface area contributed by atoms with Crippen LogP contribution in [0.1, 0.15) is 30.8 Å². The fourth-order valence-corrected chi connectivity index (χ4v) is 2.32. The van der Waals surface area contributed by atoms with E-state index in [2.05, 4.69) is 24.1 Å². The van der Waals surface area contributed by atoms with Crippen LogP contribution in [0, 0.1) is 12.8 Å². The summed E-state index contributed by atoms with van der Waals surface area (Å²) in [7, 11) is 2.21. The van der Waals surface area contributed by atoms with Crippen molar-refractivity contribution in [3.8, 4) is 0 Å². The van der Waals surface area contributed by atoms with Crippen LogP contribution in [0.15, 0.2) is 16.5 Å². The van der Waals surface area contributed by atoms with Gasteiger partial charge in [-0.3, -0.25) is 0 Å². The molecule has 0 unspecified atom stereocenters. The Labute approximate surface area is 92.3 Å². The third-order valence-electron chi connectivity index (χ3n) is 3.43. The zero-order chi connectivity index (χ0) is 10.7. The molecule has 0 aliphatic carbocycles. The van der Waals surface area contributed by atoms with Gasteiger partial charge in [0.05, 0.1) is 0 Å². The number of aryl methyl sites for hydroxylation is 2. The Morgan fingerprint density at radius 1 is 1.33 bits per heavy atom. The van der Waals surface area contributed by atoms with Gasteiger partial charge in [-0.1, -0.05) is 0 Å². The summed E-state index contributed by atoms with van der Waals surface area (Å²) in [5, 5.41) is 0. The highest BCUT2D eigenvalue weighted by Crippen LogP contribution is 2.22. The molecule has 0 N–H and O–H groups in total. The van der Waals surface area contributed by atoms with Crippen molar-refractivity contribution in [1.82, 2.24) is 4.90 Å². The molecule has 2 heterocycles. The van der Waals surface area contributed by atoms with E-state index < -0.39 is 0 Å². The van der Waals surface area contributed by atoms with Crippen molar-refractivity contribution in [2.45, 2.75) is 32.6 Å². The Morgan fingerprint density at radius 3 is 2.67 bits per heavy atom. The number of hydrogen-bond donors (Lipinski definition) is 0. The minimum atomic E-state index is 0.909. The molecule has 2 heteroatoms. The molecule has 0 amide bonds. The number of rotatable bonds is 3. The number of hydrogen-bond acceptors (Lipinski definition) is 2. The van der Waals surface area contributed by atoms with Gasteiger partial charge in [0.25, 0.3) is 0 Å². The first kappa shape index (κ1) is 10.7. The summed E-state index contributed by atoms with van der Waals surface area (Å²) in [6.07, 6.45) is 5.12. The van der Waals surface area contributed by atoms with E-state index in [1.165, 1.54) is 32.4 Å². The zero-order valence-corrected chi connectivity index (χ0v) is 9.83. The van der Waals surface area contributed by atoms with Crippen molar-refractivity contribution in [2.75, 3.05) is 20.1 Å². The lowest BCUT2D eigenvalue weighted by Gasteiger charge is -2.28. The lowest BCUT2D eigenvalue weighted by Crippen LogP contribution is -2.30. The van der Waals surface area contributed by atoms with Crippen molar-refractivity contribution in [2.24, 2.45) is 5.92 Å². The van der Waals surface area contributed by atoms with Gasteiger partial charge >= 0.3 is 0 Å². The predicted molar refractivity (Wildman–Crippen MR) is 62.0 cm³/mol. The molecule has 1 aliphatic heterocycles. The van der Waals surface area contributed by atoms with Gasteiger partial charge in [0, 0.05) is 6.42 Å². The lowest BCUT2D eigenvalue weighted by atomic mass is 9.92. The number of nitrogens with zero attached hydrogens (tertiary/aromatic N) is 1. The summed E-state index contributed by atoms with van der Waals surface area (Å²) < 4.78 is 5.59. The Morgan fingerprint density at radius 2 is 2.07 bits per heavy atom. The number of likely N-dealkylation sites (tertiary alicyclic amines) is 1. The lowest BCUT2D eigenvalue weighted by molar-refractivity contribution is 0.210. The third-order valence-corrected chi connectivity index (χ3v) is 3.43. The van der Waals surface area contributed by atoms with Gasteiger partial charge < -0.3 is 9.32 Å². The van der Waals surface area contributed by atoms with Gasteiger partial charge in [-0.15, -0.1) is 0 Å². The van der Waals surface area contributed by atoms with E-state index in [-0.39, 0.29) is 0 Å². The molecule has 1 aromatic rings. The van der Waals surface area contributed by atoms with Crippen molar-refractivity contribution < 1.29 is 4.42 Å². The summed E-state index contributed by atoms with van der Waals surface area (Å²) in [5.41, 5.74) is 0. The van der Waals surface area contributed by atoms with Gasteiger partial charge in [0.1, 0.15) is 11.5 Å².